The van der Waals surface area contributed by atoms with Gasteiger partial charge < -0.3 is 19.8 Å². The fourth-order valence-corrected chi connectivity index (χ4v) is 2.59. The summed E-state index contributed by atoms with van der Waals surface area (Å²) in [4.78, 5) is 8.59. The molecule has 0 unspecified atom stereocenters. The number of nitrogens with one attached hydrogen (secondary N) is 2. The summed E-state index contributed by atoms with van der Waals surface area (Å²) in [5.74, 6) is 1.20. The van der Waals surface area contributed by atoms with Gasteiger partial charge in [0.2, 0.25) is 5.89 Å². The quantitative estimate of drug-likeness (QED) is 0.225. The van der Waals surface area contributed by atoms with Crippen LogP contribution in [0.4, 0.5) is 0 Å². The molecule has 0 amide bonds. The maximum absolute atomic E-state index is 11.0. The van der Waals surface area contributed by atoms with Gasteiger partial charge in [-0.2, -0.15) is 0 Å². The first kappa shape index (κ1) is 24.4. The first-order valence-corrected chi connectivity index (χ1v) is 10.6. The Kier molecular flexibility index (Phi) is 10.5. The van der Waals surface area contributed by atoms with Crippen molar-refractivity contribution in [3.8, 4) is 11.5 Å². The zero-order chi connectivity index (χ0) is 19.7. The van der Waals surface area contributed by atoms with Gasteiger partial charge in [-0.05, 0) is 19.1 Å². The average molecular weight is 522 g/mol. The van der Waals surface area contributed by atoms with Gasteiger partial charge in [0.1, 0.15) is 16.1 Å². The van der Waals surface area contributed by atoms with Gasteiger partial charge in [0.25, 0.3) is 0 Å². The SMILES string of the molecule is CN=C(NCCOCCS(C)(=O)=O)NCc1coc(-c2ccc(C)cc2)n1.I. The second kappa shape index (κ2) is 12.0. The van der Waals surface area contributed by atoms with Crippen molar-refractivity contribution in [1.82, 2.24) is 15.6 Å². The van der Waals surface area contributed by atoms with E-state index in [0.29, 0.717) is 31.5 Å². The number of oxazole rings is 1. The topological polar surface area (TPSA) is 106 Å². The minimum absolute atomic E-state index is 0. The zero-order valence-electron chi connectivity index (χ0n) is 16.3. The van der Waals surface area contributed by atoms with Crippen LogP contribution in [-0.2, 0) is 21.1 Å². The first-order valence-electron chi connectivity index (χ1n) is 8.59. The smallest absolute Gasteiger partial charge is 0.226 e. The summed E-state index contributed by atoms with van der Waals surface area (Å²) < 4.78 is 32.8. The lowest BCUT2D eigenvalue weighted by Gasteiger charge is -2.11. The number of aliphatic imine (C=N–C) groups is 1. The van der Waals surface area contributed by atoms with Crippen LogP contribution in [0, 0.1) is 6.92 Å². The van der Waals surface area contributed by atoms with Crippen LogP contribution < -0.4 is 10.6 Å². The Labute approximate surface area is 183 Å². The Morgan fingerprint density at radius 2 is 1.93 bits per heavy atom. The van der Waals surface area contributed by atoms with E-state index in [1.54, 1.807) is 13.3 Å². The molecule has 1 aromatic carbocycles. The summed E-state index contributed by atoms with van der Waals surface area (Å²) in [5.41, 5.74) is 2.88. The molecule has 0 atom stereocenters. The Balaban J connectivity index is 0.00000392. The van der Waals surface area contributed by atoms with Crippen LogP contribution in [0.2, 0.25) is 0 Å². The molecule has 156 valence electrons. The highest BCUT2D eigenvalue weighted by Gasteiger charge is 2.07. The second-order valence-electron chi connectivity index (χ2n) is 6.10. The third-order valence-electron chi connectivity index (χ3n) is 3.65. The van der Waals surface area contributed by atoms with Crippen molar-refractivity contribution in [2.75, 3.05) is 38.8 Å². The average Bonchev–Trinajstić information content (AvgIpc) is 3.09. The van der Waals surface area contributed by atoms with E-state index in [2.05, 4.69) is 20.6 Å². The van der Waals surface area contributed by atoms with E-state index in [9.17, 15) is 8.42 Å². The van der Waals surface area contributed by atoms with Crippen LogP contribution >= 0.6 is 24.0 Å². The van der Waals surface area contributed by atoms with Gasteiger partial charge in [-0.1, -0.05) is 17.7 Å². The lowest BCUT2D eigenvalue weighted by Crippen LogP contribution is -2.38. The van der Waals surface area contributed by atoms with Crippen LogP contribution in [0.15, 0.2) is 39.9 Å². The standard InChI is InChI=1S/C18H26N4O4S.HI/c1-14-4-6-15(7-5-14)17-22-16(13-26-17)12-21-18(19-2)20-8-9-25-10-11-27(3,23)24;/h4-7,13H,8-12H2,1-3H3,(H2,19,20,21);1H. The maximum Gasteiger partial charge on any atom is 0.226 e. The summed E-state index contributed by atoms with van der Waals surface area (Å²) in [6, 6.07) is 7.98. The fourth-order valence-electron chi connectivity index (χ4n) is 2.17. The van der Waals surface area contributed by atoms with Crippen molar-refractivity contribution in [3.05, 3.63) is 41.8 Å². The van der Waals surface area contributed by atoms with E-state index in [0.717, 1.165) is 11.3 Å². The van der Waals surface area contributed by atoms with Crippen LogP contribution in [0.1, 0.15) is 11.3 Å². The molecule has 0 aliphatic rings. The van der Waals surface area contributed by atoms with Crippen LogP contribution in [0.25, 0.3) is 11.5 Å². The van der Waals surface area contributed by atoms with Crippen molar-refractivity contribution in [2.24, 2.45) is 4.99 Å². The Hall–Kier alpha value is -1.66. The number of aromatic nitrogens is 1. The summed E-state index contributed by atoms with van der Waals surface area (Å²) in [7, 11) is -1.32. The van der Waals surface area contributed by atoms with Gasteiger partial charge in [0.15, 0.2) is 5.96 Å². The largest absolute Gasteiger partial charge is 0.444 e. The third-order valence-corrected chi connectivity index (χ3v) is 4.56. The molecule has 28 heavy (non-hydrogen) atoms. The summed E-state index contributed by atoms with van der Waals surface area (Å²) in [6.45, 7) is 3.58. The molecule has 2 N–H and O–H groups in total. The number of halogens is 1. The number of aryl methyl sites for hydroxylation is 1. The van der Waals surface area contributed by atoms with Gasteiger partial charge >= 0.3 is 0 Å². The molecular weight excluding hydrogens is 495 g/mol. The molecule has 0 spiro atoms. The fraction of sp³-hybridized carbons (Fsp3) is 0.444. The van der Waals surface area contributed by atoms with Crippen LogP contribution in [-0.4, -0.2) is 58.2 Å². The first-order chi connectivity index (χ1) is 12.9. The summed E-state index contributed by atoms with van der Waals surface area (Å²) >= 11 is 0. The third kappa shape index (κ3) is 9.02. The van der Waals surface area contributed by atoms with E-state index in [-0.39, 0.29) is 36.3 Å². The van der Waals surface area contributed by atoms with E-state index in [1.165, 1.54) is 11.8 Å². The van der Waals surface area contributed by atoms with Gasteiger partial charge in [0.05, 0.1) is 31.2 Å². The highest BCUT2D eigenvalue weighted by Crippen LogP contribution is 2.18. The molecule has 2 aromatic rings. The minimum atomic E-state index is -2.99. The molecule has 0 saturated carbocycles. The molecular formula is C18H27IN4O4S. The summed E-state index contributed by atoms with van der Waals surface area (Å²) in [6.07, 6.45) is 2.80. The Morgan fingerprint density at radius 1 is 1.21 bits per heavy atom. The molecule has 2 rings (SSSR count). The molecule has 0 aliphatic carbocycles. The van der Waals surface area contributed by atoms with Crippen LogP contribution in [0.3, 0.4) is 0 Å². The van der Waals surface area contributed by atoms with Crippen LogP contribution in [0.5, 0.6) is 0 Å². The molecule has 1 aromatic heterocycles. The number of sulfone groups is 1. The molecule has 1 heterocycles. The zero-order valence-corrected chi connectivity index (χ0v) is 19.4. The predicted molar refractivity (Wildman–Crippen MR) is 121 cm³/mol. The monoisotopic (exact) mass is 522 g/mol. The molecule has 10 heteroatoms. The van der Waals surface area contributed by atoms with Gasteiger partial charge in [-0.25, -0.2) is 13.4 Å². The summed E-state index contributed by atoms with van der Waals surface area (Å²) in [5, 5.41) is 6.23. The van der Waals surface area contributed by atoms with Crippen molar-refractivity contribution < 1.29 is 17.6 Å². The number of benzene rings is 1. The lowest BCUT2D eigenvalue weighted by molar-refractivity contribution is 0.154. The number of rotatable bonds is 9. The van der Waals surface area contributed by atoms with Crippen molar-refractivity contribution in [3.63, 3.8) is 0 Å². The maximum atomic E-state index is 11.0. The number of nitrogens with zero attached hydrogens (tertiary/aromatic N) is 2. The number of guanidine groups is 1. The number of hydrogen-bond donors (Lipinski definition) is 2. The lowest BCUT2D eigenvalue weighted by atomic mass is 10.1. The van der Waals surface area contributed by atoms with E-state index >= 15 is 0 Å². The Morgan fingerprint density at radius 3 is 2.57 bits per heavy atom. The highest BCUT2D eigenvalue weighted by atomic mass is 127. The molecule has 8 nitrogen and oxygen atoms in total. The van der Waals surface area contributed by atoms with Crippen molar-refractivity contribution in [2.45, 2.75) is 13.5 Å². The van der Waals surface area contributed by atoms with E-state index < -0.39 is 9.84 Å². The van der Waals surface area contributed by atoms with Gasteiger partial charge in [0, 0.05) is 25.4 Å². The van der Waals surface area contributed by atoms with E-state index in [1.807, 2.05) is 31.2 Å². The van der Waals surface area contributed by atoms with Gasteiger partial charge in [-0.15, -0.1) is 24.0 Å². The number of ether oxygens (including phenoxy) is 1. The van der Waals surface area contributed by atoms with Gasteiger partial charge in [-0.3, -0.25) is 4.99 Å². The molecule has 0 saturated heterocycles. The highest BCUT2D eigenvalue weighted by molar-refractivity contribution is 14.0. The molecule has 0 fully saturated rings. The minimum Gasteiger partial charge on any atom is -0.444 e. The molecule has 0 bridgehead atoms. The predicted octanol–water partition coefficient (Wildman–Crippen LogP) is 1.99. The Bertz CT molecular complexity index is 851. The number of hydrogen-bond acceptors (Lipinski definition) is 6. The second-order valence-corrected chi connectivity index (χ2v) is 8.36. The van der Waals surface area contributed by atoms with Crippen molar-refractivity contribution >= 4 is 39.8 Å². The molecule has 0 radical (unpaired) electrons. The van der Waals surface area contributed by atoms with E-state index in [4.69, 9.17) is 9.15 Å². The normalized spacial score (nSPS) is 11.8. The molecule has 0 aliphatic heterocycles. The van der Waals surface area contributed by atoms with Crippen molar-refractivity contribution in [1.29, 1.82) is 0 Å².